The zero-order valence-electron chi connectivity index (χ0n) is 13.7. The van der Waals surface area contributed by atoms with Crippen molar-refractivity contribution in [2.75, 3.05) is 0 Å². The molecule has 1 saturated heterocycles. The molecular weight excluding hydrogens is 336 g/mol. The molecule has 1 aliphatic heterocycles. The molecule has 2 atom stereocenters. The monoisotopic (exact) mass is 355 g/mol. The lowest BCUT2D eigenvalue weighted by atomic mass is 10.3. The number of cyclic esters (lactones) is 2. The highest BCUT2D eigenvalue weighted by Gasteiger charge is 2.51. The summed E-state index contributed by atoms with van der Waals surface area (Å²) >= 11 is 0. The summed E-state index contributed by atoms with van der Waals surface area (Å²) in [5.41, 5.74) is -0.490. The quantitative estimate of drug-likeness (QED) is 0.467. The molecule has 0 spiro atoms. The molecule has 1 fully saturated rings. The average molecular weight is 356 g/mol. The number of carbonyl (C=O) groups excluding carboxylic acids is 2. The van der Waals surface area contributed by atoms with E-state index in [2.05, 4.69) is 6.55 Å². The van der Waals surface area contributed by atoms with Crippen LogP contribution in [0, 0.1) is 0 Å². The molecule has 6 heteroatoms. The van der Waals surface area contributed by atoms with E-state index in [9.17, 15) is 9.59 Å². The van der Waals surface area contributed by atoms with Crippen molar-refractivity contribution in [2.24, 2.45) is 0 Å². The summed E-state index contributed by atoms with van der Waals surface area (Å²) in [5.74, 6) is -0.895. The van der Waals surface area contributed by atoms with Crippen LogP contribution in [0.1, 0.15) is 6.42 Å². The van der Waals surface area contributed by atoms with Crippen molar-refractivity contribution >= 4 is 39.7 Å². The van der Waals surface area contributed by atoms with Gasteiger partial charge in [0.1, 0.15) is 0 Å². The predicted octanol–water partition coefficient (Wildman–Crippen LogP) is 1.86. The Balaban J connectivity index is 1.96. The minimum Gasteiger partial charge on any atom is -0.448 e. The third-order valence-corrected chi connectivity index (χ3v) is 11.7. The molecule has 0 aromatic heterocycles. The van der Waals surface area contributed by atoms with Crippen molar-refractivity contribution < 1.29 is 18.4 Å². The molecule has 4 nitrogen and oxygen atoms in total. The van der Waals surface area contributed by atoms with Gasteiger partial charge in [-0.05, 0) is 23.5 Å². The first-order valence-electron chi connectivity index (χ1n) is 7.89. The Kier molecular flexibility index (Phi) is 4.79. The second kappa shape index (κ2) is 6.84. The van der Waals surface area contributed by atoms with Crippen LogP contribution in [0.3, 0.4) is 0 Å². The Morgan fingerprint density at radius 1 is 1.04 bits per heavy atom. The fourth-order valence-electron chi connectivity index (χ4n) is 3.04. The Bertz CT molecular complexity index is 735. The van der Waals surface area contributed by atoms with Gasteiger partial charge >= 0.3 is 11.9 Å². The van der Waals surface area contributed by atoms with E-state index >= 15 is 0 Å². The molecule has 24 heavy (non-hydrogen) atoms. The molecular formula is C18H19O4Si2. The average Bonchev–Trinajstić information content (AvgIpc) is 2.95. The van der Waals surface area contributed by atoms with Gasteiger partial charge in [-0.3, -0.25) is 9.59 Å². The molecule has 2 aromatic carbocycles. The maximum Gasteiger partial charge on any atom is 0.317 e. The SMILES string of the molecule is C[Si](O[Si](C)(c1ccccc1)C1CC(=O)OC1=O)c1ccccc1. The van der Waals surface area contributed by atoms with Crippen LogP contribution in [0.4, 0.5) is 0 Å². The van der Waals surface area contributed by atoms with Crippen LogP contribution < -0.4 is 10.4 Å². The van der Waals surface area contributed by atoms with Gasteiger partial charge in [0.05, 0.1) is 12.0 Å². The Labute approximate surface area is 144 Å². The molecule has 0 amide bonds. The number of esters is 2. The van der Waals surface area contributed by atoms with Crippen molar-refractivity contribution in [1.82, 2.24) is 0 Å². The maximum atomic E-state index is 12.2. The lowest BCUT2D eigenvalue weighted by Gasteiger charge is -2.34. The smallest absolute Gasteiger partial charge is 0.317 e. The van der Waals surface area contributed by atoms with Crippen LogP contribution in [-0.4, -0.2) is 29.3 Å². The lowest BCUT2D eigenvalue weighted by Crippen LogP contribution is -2.57. The van der Waals surface area contributed by atoms with E-state index in [4.69, 9.17) is 8.85 Å². The van der Waals surface area contributed by atoms with Gasteiger partial charge in [0.2, 0.25) is 17.4 Å². The second-order valence-corrected chi connectivity index (χ2v) is 12.0. The van der Waals surface area contributed by atoms with Gasteiger partial charge in [0.25, 0.3) is 0 Å². The summed E-state index contributed by atoms with van der Waals surface area (Å²) in [5, 5.41) is 2.16. The summed E-state index contributed by atoms with van der Waals surface area (Å²) in [7, 11) is -4.00. The second-order valence-electron chi connectivity index (χ2n) is 6.05. The van der Waals surface area contributed by atoms with Crippen LogP contribution in [0.2, 0.25) is 18.6 Å². The van der Waals surface area contributed by atoms with E-state index < -0.39 is 34.8 Å². The van der Waals surface area contributed by atoms with Crippen molar-refractivity contribution in [3.05, 3.63) is 60.7 Å². The van der Waals surface area contributed by atoms with Gasteiger partial charge in [-0.1, -0.05) is 60.7 Å². The highest BCUT2D eigenvalue weighted by molar-refractivity contribution is 6.94. The fourth-order valence-corrected chi connectivity index (χ4v) is 10.1. The molecule has 0 bridgehead atoms. The molecule has 2 unspecified atom stereocenters. The van der Waals surface area contributed by atoms with E-state index in [1.165, 1.54) is 0 Å². The first kappa shape index (κ1) is 16.8. The molecule has 1 aliphatic rings. The van der Waals surface area contributed by atoms with E-state index in [0.29, 0.717) is 0 Å². The number of rotatable bonds is 5. The van der Waals surface area contributed by atoms with E-state index in [-0.39, 0.29) is 6.42 Å². The topological polar surface area (TPSA) is 52.6 Å². The highest BCUT2D eigenvalue weighted by atomic mass is 28.4. The van der Waals surface area contributed by atoms with Crippen LogP contribution in [0.25, 0.3) is 0 Å². The molecule has 1 heterocycles. The summed E-state index contributed by atoms with van der Waals surface area (Å²) < 4.78 is 11.4. The number of hydrogen-bond donors (Lipinski definition) is 0. The number of hydrogen-bond acceptors (Lipinski definition) is 4. The van der Waals surface area contributed by atoms with Gasteiger partial charge < -0.3 is 8.85 Å². The molecule has 3 rings (SSSR count). The summed E-state index contributed by atoms with van der Waals surface area (Å²) in [6.07, 6.45) is 0.111. The maximum absolute atomic E-state index is 12.2. The van der Waals surface area contributed by atoms with Crippen molar-refractivity contribution in [1.29, 1.82) is 0 Å². The van der Waals surface area contributed by atoms with Gasteiger partial charge in [-0.2, -0.15) is 0 Å². The Morgan fingerprint density at radius 3 is 2.17 bits per heavy atom. The number of benzene rings is 2. The summed E-state index contributed by atoms with van der Waals surface area (Å²) in [6.45, 7) is 4.10. The third kappa shape index (κ3) is 3.26. The van der Waals surface area contributed by atoms with Gasteiger partial charge in [0.15, 0.2) is 0 Å². The van der Waals surface area contributed by atoms with Crippen molar-refractivity contribution in [3.63, 3.8) is 0 Å². The molecule has 0 N–H and O–H groups in total. The number of ether oxygens (including phenoxy) is 1. The molecule has 2 aromatic rings. The third-order valence-electron chi connectivity index (χ3n) is 4.43. The Morgan fingerprint density at radius 2 is 1.62 bits per heavy atom. The zero-order chi connectivity index (χ0) is 17.2. The predicted molar refractivity (Wildman–Crippen MR) is 95.9 cm³/mol. The Hall–Kier alpha value is -2.03. The lowest BCUT2D eigenvalue weighted by molar-refractivity contribution is -0.152. The van der Waals surface area contributed by atoms with Crippen LogP contribution >= 0.6 is 0 Å². The standard InChI is InChI=1S/C18H19O4Si2/c1-23(14-9-5-3-6-10-14)22-24(2,15-11-7-4-8-12-15)16-13-17(19)21-18(16)20/h3-12,16H,13H2,1-2H3. The largest absolute Gasteiger partial charge is 0.448 e. The highest BCUT2D eigenvalue weighted by Crippen LogP contribution is 2.33. The number of carbonyl (C=O) groups is 2. The van der Waals surface area contributed by atoms with Crippen LogP contribution in [-0.2, 0) is 18.4 Å². The van der Waals surface area contributed by atoms with Crippen LogP contribution in [0.5, 0.6) is 0 Å². The van der Waals surface area contributed by atoms with Gasteiger partial charge in [-0.25, -0.2) is 0 Å². The molecule has 0 saturated carbocycles. The zero-order valence-corrected chi connectivity index (χ0v) is 15.7. The van der Waals surface area contributed by atoms with E-state index in [0.717, 1.165) is 10.4 Å². The van der Waals surface area contributed by atoms with Crippen LogP contribution in [0.15, 0.2) is 60.7 Å². The first-order chi connectivity index (χ1) is 11.5. The fraction of sp³-hybridized carbons (Fsp3) is 0.222. The van der Waals surface area contributed by atoms with Crippen molar-refractivity contribution in [2.45, 2.75) is 25.1 Å². The molecule has 0 aliphatic carbocycles. The first-order valence-corrected chi connectivity index (χ1v) is 12.3. The molecule has 1 radical (unpaired) electrons. The summed E-state index contributed by atoms with van der Waals surface area (Å²) in [4.78, 5) is 23.9. The van der Waals surface area contributed by atoms with Gasteiger partial charge in [-0.15, -0.1) is 0 Å². The van der Waals surface area contributed by atoms with Crippen molar-refractivity contribution in [3.8, 4) is 0 Å². The molecule has 123 valence electrons. The summed E-state index contributed by atoms with van der Waals surface area (Å²) in [6, 6.07) is 19.8. The van der Waals surface area contributed by atoms with E-state index in [1.807, 2.05) is 67.2 Å². The minimum atomic E-state index is -2.69. The minimum absolute atomic E-state index is 0.111. The normalized spacial score (nSPS) is 20.0. The van der Waals surface area contributed by atoms with Gasteiger partial charge in [0, 0.05) is 0 Å². The van der Waals surface area contributed by atoms with E-state index in [1.54, 1.807) is 0 Å².